The number of benzene rings is 1. The molecule has 25 heavy (non-hydrogen) atoms. The van der Waals surface area contributed by atoms with E-state index in [1.165, 1.54) is 6.20 Å². The van der Waals surface area contributed by atoms with E-state index < -0.39 is 5.56 Å². The van der Waals surface area contributed by atoms with E-state index in [1.54, 1.807) is 12.0 Å². The second kappa shape index (κ2) is 8.04. The Bertz CT molecular complexity index is 775. The molecule has 7 nitrogen and oxygen atoms in total. The minimum atomic E-state index is -0.432. The van der Waals surface area contributed by atoms with E-state index in [2.05, 4.69) is 9.97 Å². The summed E-state index contributed by atoms with van der Waals surface area (Å²) in [5, 5.41) is 0. The Balaban J connectivity index is 1.75. The van der Waals surface area contributed by atoms with E-state index in [9.17, 15) is 9.59 Å². The number of methoxy groups -OCH3 is 1. The molecule has 0 aliphatic carbocycles. The molecule has 1 aliphatic heterocycles. The largest absolute Gasteiger partial charge is 0.385 e. The van der Waals surface area contributed by atoms with Gasteiger partial charge in [-0.1, -0.05) is 30.3 Å². The molecule has 0 saturated carbocycles. The van der Waals surface area contributed by atoms with Gasteiger partial charge < -0.3 is 19.4 Å². The number of carbonyl (C=O) groups is 1. The molecule has 1 amide bonds. The number of aromatic nitrogens is 2. The van der Waals surface area contributed by atoms with Gasteiger partial charge in [-0.2, -0.15) is 0 Å². The van der Waals surface area contributed by atoms with Crippen LogP contribution in [0, 0.1) is 0 Å². The smallest absolute Gasteiger partial charge is 0.264 e. The number of nitrogens with one attached hydrogen (secondary N) is 1. The van der Waals surface area contributed by atoms with Crippen LogP contribution in [0.25, 0.3) is 11.4 Å². The highest BCUT2D eigenvalue weighted by Gasteiger charge is 2.26. The van der Waals surface area contributed by atoms with Gasteiger partial charge in [-0.25, -0.2) is 4.98 Å². The zero-order chi connectivity index (χ0) is 17.6. The van der Waals surface area contributed by atoms with Gasteiger partial charge in [0.25, 0.3) is 11.5 Å². The fraction of sp³-hybridized carbons (Fsp3) is 0.389. The fourth-order valence-corrected chi connectivity index (χ4v) is 2.79. The first-order chi connectivity index (χ1) is 12.2. The summed E-state index contributed by atoms with van der Waals surface area (Å²) in [4.78, 5) is 33.6. The molecule has 2 heterocycles. The lowest BCUT2D eigenvalue weighted by molar-refractivity contribution is -0.0333. The van der Waals surface area contributed by atoms with Crippen molar-refractivity contribution in [2.75, 3.05) is 33.4 Å². The molecular formula is C18H21N3O4. The number of carbonyl (C=O) groups excluding carboxylic acids is 1. The molecule has 1 N–H and O–H groups in total. The van der Waals surface area contributed by atoms with E-state index >= 15 is 0 Å². The third-order valence-electron chi connectivity index (χ3n) is 4.15. The number of aromatic amines is 1. The van der Waals surface area contributed by atoms with Crippen LogP contribution in [0.1, 0.15) is 16.8 Å². The average molecular weight is 343 g/mol. The lowest BCUT2D eigenvalue weighted by atomic mass is 10.2. The summed E-state index contributed by atoms with van der Waals surface area (Å²) in [5.74, 6) is 0.126. The van der Waals surface area contributed by atoms with Crippen LogP contribution >= 0.6 is 0 Å². The number of ether oxygens (including phenoxy) is 2. The first-order valence-corrected chi connectivity index (χ1v) is 8.23. The summed E-state index contributed by atoms with van der Waals surface area (Å²) in [6.07, 6.45) is 1.98. The monoisotopic (exact) mass is 343 g/mol. The number of hydrogen-bond acceptors (Lipinski definition) is 5. The number of rotatable bonds is 5. The maximum absolute atomic E-state index is 12.7. The Morgan fingerprint density at radius 3 is 2.92 bits per heavy atom. The van der Waals surface area contributed by atoms with Crippen LogP contribution in [0.2, 0.25) is 0 Å². The van der Waals surface area contributed by atoms with Gasteiger partial charge in [-0.05, 0) is 6.42 Å². The minimum absolute atomic E-state index is 0.0482. The van der Waals surface area contributed by atoms with Crippen LogP contribution in [-0.2, 0) is 9.47 Å². The maximum atomic E-state index is 12.7. The average Bonchev–Trinajstić information content (AvgIpc) is 2.66. The third-order valence-corrected chi connectivity index (χ3v) is 4.15. The number of H-pyrrole nitrogens is 1. The molecule has 1 atom stereocenters. The highest BCUT2D eigenvalue weighted by atomic mass is 16.5. The van der Waals surface area contributed by atoms with Gasteiger partial charge in [0.15, 0.2) is 0 Å². The van der Waals surface area contributed by atoms with E-state index in [1.807, 2.05) is 30.3 Å². The van der Waals surface area contributed by atoms with Crippen molar-refractivity contribution in [2.24, 2.45) is 0 Å². The van der Waals surface area contributed by atoms with Crippen molar-refractivity contribution in [3.8, 4) is 11.4 Å². The zero-order valence-electron chi connectivity index (χ0n) is 14.1. The van der Waals surface area contributed by atoms with Gasteiger partial charge in [0.1, 0.15) is 11.4 Å². The summed E-state index contributed by atoms with van der Waals surface area (Å²) >= 11 is 0. The Labute approximate surface area is 145 Å². The highest BCUT2D eigenvalue weighted by molar-refractivity contribution is 5.93. The van der Waals surface area contributed by atoms with Crippen LogP contribution < -0.4 is 5.56 Å². The normalized spacial score (nSPS) is 17.5. The van der Waals surface area contributed by atoms with Crippen molar-refractivity contribution < 1.29 is 14.3 Å². The molecule has 1 aromatic heterocycles. The minimum Gasteiger partial charge on any atom is -0.385 e. The predicted octanol–water partition coefficient (Wildman–Crippen LogP) is 1.31. The summed E-state index contributed by atoms with van der Waals surface area (Å²) in [6, 6.07) is 9.31. The quantitative estimate of drug-likeness (QED) is 0.885. The molecule has 2 aromatic rings. The van der Waals surface area contributed by atoms with Crippen LogP contribution in [-0.4, -0.2) is 60.3 Å². The molecule has 1 saturated heterocycles. The first-order valence-electron chi connectivity index (χ1n) is 8.23. The van der Waals surface area contributed by atoms with Crippen molar-refractivity contribution in [3.63, 3.8) is 0 Å². The topological polar surface area (TPSA) is 84.5 Å². The number of amides is 1. The molecule has 1 aliphatic rings. The summed E-state index contributed by atoms with van der Waals surface area (Å²) in [5.41, 5.74) is 0.412. The Morgan fingerprint density at radius 2 is 2.20 bits per heavy atom. The van der Waals surface area contributed by atoms with Crippen LogP contribution in [0.4, 0.5) is 0 Å². The second-order valence-corrected chi connectivity index (χ2v) is 5.87. The molecule has 3 rings (SSSR count). The molecule has 0 radical (unpaired) electrons. The predicted molar refractivity (Wildman–Crippen MR) is 92.4 cm³/mol. The van der Waals surface area contributed by atoms with Crippen LogP contribution in [0.5, 0.6) is 0 Å². The van der Waals surface area contributed by atoms with Crippen molar-refractivity contribution in [3.05, 3.63) is 52.4 Å². The number of nitrogens with zero attached hydrogens (tertiary/aromatic N) is 2. The SMILES string of the molecule is COCC[C@H]1CN(C(=O)c2cnc(-c3ccccc3)[nH]c2=O)CCO1. The van der Waals surface area contributed by atoms with Gasteiger partial charge >= 0.3 is 0 Å². The van der Waals surface area contributed by atoms with E-state index in [0.29, 0.717) is 38.5 Å². The van der Waals surface area contributed by atoms with Gasteiger partial charge in [0.2, 0.25) is 0 Å². The fourth-order valence-electron chi connectivity index (χ4n) is 2.79. The van der Waals surface area contributed by atoms with Crippen molar-refractivity contribution >= 4 is 5.91 Å². The zero-order valence-corrected chi connectivity index (χ0v) is 14.1. The number of morpholine rings is 1. The maximum Gasteiger partial charge on any atom is 0.264 e. The molecule has 1 aromatic carbocycles. The second-order valence-electron chi connectivity index (χ2n) is 5.87. The van der Waals surface area contributed by atoms with Gasteiger partial charge in [0, 0.05) is 38.6 Å². The van der Waals surface area contributed by atoms with E-state index in [-0.39, 0.29) is 17.6 Å². The third kappa shape index (κ3) is 4.12. The molecule has 0 spiro atoms. The Hall–Kier alpha value is -2.51. The standard InChI is InChI=1S/C18H21N3O4/c1-24-9-7-14-12-21(8-10-25-14)18(23)15-11-19-16(20-17(15)22)13-5-3-2-4-6-13/h2-6,11,14H,7-10,12H2,1H3,(H,19,20,22)/t14-/m0/s1. The molecule has 0 bridgehead atoms. The molecular weight excluding hydrogens is 322 g/mol. The Kier molecular flexibility index (Phi) is 5.57. The lowest BCUT2D eigenvalue weighted by Crippen LogP contribution is -2.47. The van der Waals surface area contributed by atoms with E-state index in [4.69, 9.17) is 9.47 Å². The van der Waals surface area contributed by atoms with Crippen molar-refractivity contribution in [2.45, 2.75) is 12.5 Å². The first kappa shape index (κ1) is 17.3. The van der Waals surface area contributed by atoms with Crippen molar-refractivity contribution in [1.29, 1.82) is 0 Å². The Morgan fingerprint density at radius 1 is 1.40 bits per heavy atom. The molecule has 132 valence electrons. The van der Waals surface area contributed by atoms with Gasteiger partial charge in [-0.15, -0.1) is 0 Å². The van der Waals surface area contributed by atoms with Crippen LogP contribution in [0.15, 0.2) is 41.3 Å². The van der Waals surface area contributed by atoms with Crippen molar-refractivity contribution in [1.82, 2.24) is 14.9 Å². The van der Waals surface area contributed by atoms with Gasteiger partial charge in [0.05, 0.1) is 12.7 Å². The van der Waals surface area contributed by atoms with E-state index in [0.717, 1.165) is 5.56 Å². The summed E-state index contributed by atoms with van der Waals surface area (Å²) in [6.45, 7) is 1.93. The summed E-state index contributed by atoms with van der Waals surface area (Å²) in [7, 11) is 1.63. The molecule has 0 unspecified atom stereocenters. The molecule has 1 fully saturated rings. The summed E-state index contributed by atoms with van der Waals surface area (Å²) < 4.78 is 10.7. The highest BCUT2D eigenvalue weighted by Crippen LogP contribution is 2.14. The molecule has 7 heteroatoms. The van der Waals surface area contributed by atoms with Gasteiger partial charge in [-0.3, -0.25) is 9.59 Å². The number of hydrogen-bond donors (Lipinski definition) is 1. The lowest BCUT2D eigenvalue weighted by Gasteiger charge is -2.32. The van der Waals surface area contributed by atoms with Crippen LogP contribution in [0.3, 0.4) is 0 Å².